The molecule has 1 saturated carbocycles. The van der Waals surface area contributed by atoms with Gasteiger partial charge in [-0.05, 0) is 42.7 Å². The summed E-state index contributed by atoms with van der Waals surface area (Å²) in [6.07, 6.45) is 6.34. The number of oxime groups is 1. The molecule has 2 N–H and O–H groups in total. The summed E-state index contributed by atoms with van der Waals surface area (Å²) in [5, 5.41) is 10.6. The van der Waals surface area contributed by atoms with E-state index < -0.39 is 6.10 Å². The van der Waals surface area contributed by atoms with Crippen LogP contribution in [0.4, 0.5) is 11.4 Å². The van der Waals surface area contributed by atoms with E-state index in [9.17, 15) is 4.79 Å². The van der Waals surface area contributed by atoms with Crippen LogP contribution in [0.2, 0.25) is 0 Å². The standard InChI is InChI=1S/C22H25N3O2/c26-22(21-15-20(25-27-21)16-7-3-1-4-8-16)24-19-13-11-18(12-14-19)23-17-9-5-2-6-10-17/h1,3-4,7-8,11-14,17,21,23H,2,5-6,9-10,15H2,(H,24,26). The van der Waals surface area contributed by atoms with Crippen LogP contribution in [0.1, 0.15) is 44.1 Å². The highest BCUT2D eigenvalue weighted by Crippen LogP contribution is 2.23. The maximum atomic E-state index is 12.5. The molecule has 5 heteroatoms. The predicted molar refractivity (Wildman–Crippen MR) is 108 cm³/mol. The van der Waals surface area contributed by atoms with Crippen molar-refractivity contribution in [1.82, 2.24) is 0 Å². The zero-order valence-corrected chi connectivity index (χ0v) is 15.4. The first-order valence-corrected chi connectivity index (χ1v) is 9.73. The Labute approximate surface area is 159 Å². The molecule has 0 radical (unpaired) electrons. The Morgan fingerprint density at radius 3 is 2.37 bits per heavy atom. The lowest BCUT2D eigenvalue weighted by Crippen LogP contribution is -2.28. The lowest BCUT2D eigenvalue weighted by atomic mass is 9.95. The lowest BCUT2D eigenvalue weighted by molar-refractivity contribution is -0.125. The molecule has 1 heterocycles. The van der Waals surface area contributed by atoms with Crippen LogP contribution in [-0.4, -0.2) is 23.8 Å². The van der Waals surface area contributed by atoms with Gasteiger partial charge in [-0.15, -0.1) is 0 Å². The third-order valence-electron chi connectivity index (χ3n) is 5.20. The van der Waals surface area contributed by atoms with Crippen LogP contribution >= 0.6 is 0 Å². The monoisotopic (exact) mass is 363 g/mol. The van der Waals surface area contributed by atoms with E-state index in [2.05, 4.69) is 15.8 Å². The van der Waals surface area contributed by atoms with Crippen LogP contribution in [-0.2, 0) is 9.63 Å². The van der Waals surface area contributed by atoms with Crippen molar-refractivity contribution in [2.24, 2.45) is 5.16 Å². The quantitative estimate of drug-likeness (QED) is 0.818. The number of rotatable bonds is 5. The zero-order valence-electron chi connectivity index (χ0n) is 15.4. The molecule has 2 aromatic rings. The molecule has 4 rings (SSSR count). The number of carbonyl (C=O) groups excluding carboxylic acids is 1. The first-order valence-electron chi connectivity index (χ1n) is 9.73. The van der Waals surface area contributed by atoms with Gasteiger partial charge in [-0.2, -0.15) is 0 Å². The Morgan fingerprint density at radius 2 is 1.63 bits per heavy atom. The fourth-order valence-corrected chi connectivity index (χ4v) is 3.67. The summed E-state index contributed by atoms with van der Waals surface area (Å²) in [7, 11) is 0. The van der Waals surface area contributed by atoms with Gasteiger partial charge in [-0.3, -0.25) is 4.79 Å². The Balaban J connectivity index is 1.29. The maximum Gasteiger partial charge on any atom is 0.268 e. The average Bonchev–Trinajstić information content (AvgIpc) is 3.21. The van der Waals surface area contributed by atoms with Crippen molar-refractivity contribution in [3.8, 4) is 0 Å². The van der Waals surface area contributed by atoms with Gasteiger partial charge < -0.3 is 15.5 Å². The third kappa shape index (κ3) is 4.48. The number of benzene rings is 2. The van der Waals surface area contributed by atoms with E-state index >= 15 is 0 Å². The molecule has 1 amide bonds. The Morgan fingerprint density at radius 1 is 0.926 bits per heavy atom. The molecule has 1 fully saturated rings. The van der Waals surface area contributed by atoms with E-state index in [-0.39, 0.29) is 5.91 Å². The van der Waals surface area contributed by atoms with Crippen molar-refractivity contribution in [2.45, 2.75) is 50.7 Å². The number of amides is 1. The molecule has 2 aliphatic rings. The van der Waals surface area contributed by atoms with E-state index in [1.54, 1.807) is 0 Å². The van der Waals surface area contributed by atoms with Gasteiger partial charge in [0.2, 0.25) is 6.10 Å². The van der Waals surface area contributed by atoms with E-state index in [0.717, 1.165) is 22.6 Å². The number of hydrogen-bond acceptors (Lipinski definition) is 4. The molecule has 1 aliphatic carbocycles. The van der Waals surface area contributed by atoms with E-state index in [0.29, 0.717) is 12.5 Å². The van der Waals surface area contributed by atoms with Gasteiger partial charge in [0.1, 0.15) is 0 Å². The lowest BCUT2D eigenvalue weighted by Gasteiger charge is -2.24. The van der Waals surface area contributed by atoms with Gasteiger partial charge >= 0.3 is 0 Å². The van der Waals surface area contributed by atoms with Crippen molar-refractivity contribution in [1.29, 1.82) is 0 Å². The molecule has 0 saturated heterocycles. The highest BCUT2D eigenvalue weighted by atomic mass is 16.6. The summed E-state index contributed by atoms with van der Waals surface area (Å²) in [4.78, 5) is 17.8. The Kier molecular flexibility index (Phi) is 5.37. The molecule has 27 heavy (non-hydrogen) atoms. The fraction of sp³-hybridized carbons (Fsp3) is 0.364. The molecular weight excluding hydrogens is 338 g/mol. The smallest absolute Gasteiger partial charge is 0.268 e. The number of nitrogens with zero attached hydrogens (tertiary/aromatic N) is 1. The van der Waals surface area contributed by atoms with Gasteiger partial charge in [-0.25, -0.2) is 0 Å². The summed E-state index contributed by atoms with van der Waals surface area (Å²) >= 11 is 0. The molecule has 0 spiro atoms. The van der Waals surface area contributed by atoms with Crippen LogP contribution < -0.4 is 10.6 Å². The molecule has 1 aliphatic heterocycles. The van der Waals surface area contributed by atoms with Crippen LogP contribution in [0.15, 0.2) is 59.8 Å². The van der Waals surface area contributed by atoms with Gasteiger partial charge in [0.25, 0.3) is 5.91 Å². The summed E-state index contributed by atoms with van der Waals surface area (Å²) in [5.74, 6) is -0.169. The SMILES string of the molecule is O=C(Nc1ccc(NC2CCCCC2)cc1)C1CC(c2ccccc2)=NO1. The van der Waals surface area contributed by atoms with Gasteiger partial charge in [0.15, 0.2) is 0 Å². The summed E-state index contributed by atoms with van der Waals surface area (Å²) in [5.41, 5.74) is 3.67. The molecule has 5 nitrogen and oxygen atoms in total. The molecule has 1 atom stereocenters. The minimum absolute atomic E-state index is 0.169. The highest BCUT2D eigenvalue weighted by molar-refractivity contribution is 6.06. The minimum atomic E-state index is -0.583. The Bertz CT molecular complexity index is 796. The summed E-state index contributed by atoms with van der Waals surface area (Å²) in [6, 6.07) is 18.3. The summed E-state index contributed by atoms with van der Waals surface area (Å²) < 4.78 is 0. The number of nitrogens with one attached hydrogen (secondary N) is 2. The topological polar surface area (TPSA) is 62.7 Å². The van der Waals surface area contributed by atoms with Crippen molar-refractivity contribution >= 4 is 23.0 Å². The molecule has 140 valence electrons. The second-order valence-corrected chi connectivity index (χ2v) is 7.25. The predicted octanol–water partition coefficient (Wildman–Crippen LogP) is 4.56. The normalized spacial score (nSPS) is 19.9. The second-order valence-electron chi connectivity index (χ2n) is 7.25. The van der Waals surface area contributed by atoms with Gasteiger partial charge in [-0.1, -0.05) is 54.8 Å². The van der Waals surface area contributed by atoms with Gasteiger partial charge in [0, 0.05) is 23.8 Å². The third-order valence-corrected chi connectivity index (χ3v) is 5.20. The zero-order chi connectivity index (χ0) is 18.5. The van der Waals surface area contributed by atoms with Crippen molar-refractivity contribution in [3.05, 3.63) is 60.2 Å². The van der Waals surface area contributed by atoms with Crippen molar-refractivity contribution in [3.63, 3.8) is 0 Å². The van der Waals surface area contributed by atoms with Crippen LogP contribution in [0, 0.1) is 0 Å². The Hall–Kier alpha value is -2.82. The van der Waals surface area contributed by atoms with E-state index in [1.807, 2.05) is 54.6 Å². The highest BCUT2D eigenvalue weighted by Gasteiger charge is 2.28. The van der Waals surface area contributed by atoms with Crippen LogP contribution in [0.3, 0.4) is 0 Å². The average molecular weight is 363 g/mol. The van der Waals surface area contributed by atoms with Crippen molar-refractivity contribution in [2.75, 3.05) is 10.6 Å². The first-order chi connectivity index (χ1) is 13.3. The first kappa shape index (κ1) is 17.6. The molecule has 0 aromatic heterocycles. The molecular formula is C22H25N3O2. The van der Waals surface area contributed by atoms with Gasteiger partial charge in [0.05, 0.1) is 5.71 Å². The molecule has 0 bridgehead atoms. The fourth-order valence-electron chi connectivity index (χ4n) is 3.67. The number of anilines is 2. The summed E-state index contributed by atoms with van der Waals surface area (Å²) in [6.45, 7) is 0. The largest absolute Gasteiger partial charge is 0.382 e. The minimum Gasteiger partial charge on any atom is -0.382 e. The van der Waals surface area contributed by atoms with Crippen molar-refractivity contribution < 1.29 is 9.63 Å². The van der Waals surface area contributed by atoms with E-state index in [4.69, 9.17) is 4.84 Å². The number of hydrogen-bond donors (Lipinski definition) is 2. The maximum absolute atomic E-state index is 12.5. The molecule has 1 unspecified atom stereocenters. The second kappa shape index (κ2) is 8.25. The number of carbonyl (C=O) groups is 1. The molecule has 2 aromatic carbocycles. The van der Waals surface area contributed by atoms with E-state index in [1.165, 1.54) is 32.1 Å². The van der Waals surface area contributed by atoms with Crippen LogP contribution in [0.25, 0.3) is 0 Å². The van der Waals surface area contributed by atoms with Crippen LogP contribution in [0.5, 0.6) is 0 Å².